The Morgan fingerprint density at radius 1 is 1.20 bits per heavy atom. The first kappa shape index (κ1) is 16.4. The number of rotatable bonds is 4. The van der Waals surface area contributed by atoms with Gasteiger partial charge in [0, 0.05) is 5.69 Å². The minimum atomic E-state index is -1.15. The van der Waals surface area contributed by atoms with Crippen LogP contribution < -0.4 is 11.1 Å². The van der Waals surface area contributed by atoms with E-state index in [1.807, 2.05) is 0 Å². The van der Waals surface area contributed by atoms with Gasteiger partial charge in [0.05, 0.1) is 11.1 Å². The van der Waals surface area contributed by atoms with E-state index in [0.29, 0.717) is 11.2 Å². The molecular weight excluding hydrogens is 331 g/mol. The van der Waals surface area contributed by atoms with Gasteiger partial charge in [-0.05, 0) is 49.4 Å². The van der Waals surface area contributed by atoms with E-state index in [-0.39, 0.29) is 11.1 Å². The fourth-order valence-electron chi connectivity index (χ4n) is 2.43. The number of carbonyl (C=O) groups is 2. The van der Waals surface area contributed by atoms with Crippen LogP contribution in [-0.2, 0) is 4.79 Å². The second-order valence-corrected chi connectivity index (χ2v) is 5.40. The number of carbonyl (C=O) groups excluding carboxylic acids is 1. The first-order valence-corrected chi connectivity index (χ1v) is 7.31. The van der Waals surface area contributed by atoms with Crippen LogP contribution in [0.5, 0.6) is 0 Å². The average molecular weight is 344 g/mol. The molecule has 0 saturated heterocycles. The van der Waals surface area contributed by atoms with Gasteiger partial charge in [0.1, 0.15) is 11.9 Å². The Kier molecular flexibility index (Phi) is 4.10. The zero-order valence-corrected chi connectivity index (χ0v) is 13.0. The van der Waals surface area contributed by atoms with E-state index in [1.165, 1.54) is 49.4 Å². The molecule has 2 aromatic carbocycles. The largest absolute Gasteiger partial charge is 0.478 e. The number of carboxylic acid groups (broad SMARTS) is 1. The lowest BCUT2D eigenvalue weighted by Gasteiger charge is -2.13. The van der Waals surface area contributed by atoms with Gasteiger partial charge in [-0.3, -0.25) is 9.36 Å². The summed E-state index contributed by atoms with van der Waals surface area (Å²) < 4.78 is 19.1. The van der Waals surface area contributed by atoms with Gasteiger partial charge in [-0.25, -0.2) is 14.0 Å². The topological polar surface area (TPSA) is 102 Å². The number of fused-ring (bicyclic) bond motifs is 1. The quantitative estimate of drug-likeness (QED) is 0.757. The number of halogens is 1. The maximum Gasteiger partial charge on any atom is 0.420 e. The molecule has 0 saturated carbocycles. The standard InChI is InChI=1S/C17H13FN2O5/c1-9(15(21)19-12-5-3-11(18)4-6-12)20-13-7-2-10(16(22)23)8-14(13)25-17(20)24/h2-9H,1H3,(H,19,21)(H,22,23). The lowest BCUT2D eigenvalue weighted by Crippen LogP contribution is -2.29. The average Bonchev–Trinajstić information content (AvgIpc) is 2.90. The highest BCUT2D eigenvalue weighted by molar-refractivity contribution is 5.95. The lowest BCUT2D eigenvalue weighted by atomic mass is 10.2. The molecule has 3 aromatic rings. The van der Waals surface area contributed by atoms with Crippen molar-refractivity contribution in [1.82, 2.24) is 4.57 Å². The van der Waals surface area contributed by atoms with E-state index >= 15 is 0 Å². The van der Waals surface area contributed by atoms with Crippen LogP contribution in [0.15, 0.2) is 51.7 Å². The van der Waals surface area contributed by atoms with Crippen molar-refractivity contribution in [2.24, 2.45) is 0 Å². The molecule has 128 valence electrons. The van der Waals surface area contributed by atoms with Crippen molar-refractivity contribution in [3.8, 4) is 0 Å². The zero-order valence-electron chi connectivity index (χ0n) is 13.0. The highest BCUT2D eigenvalue weighted by Crippen LogP contribution is 2.20. The van der Waals surface area contributed by atoms with Crippen LogP contribution in [0.2, 0.25) is 0 Å². The third-order valence-electron chi connectivity index (χ3n) is 3.74. The summed E-state index contributed by atoms with van der Waals surface area (Å²) in [5, 5.41) is 11.6. The lowest BCUT2D eigenvalue weighted by molar-refractivity contribution is -0.118. The number of hydrogen-bond donors (Lipinski definition) is 2. The predicted molar refractivity (Wildman–Crippen MR) is 87.2 cm³/mol. The Morgan fingerprint density at radius 3 is 2.52 bits per heavy atom. The molecule has 0 bridgehead atoms. The number of nitrogens with one attached hydrogen (secondary N) is 1. The summed E-state index contributed by atoms with van der Waals surface area (Å²) in [6, 6.07) is 8.23. The van der Waals surface area contributed by atoms with Crippen LogP contribution in [-0.4, -0.2) is 21.6 Å². The Labute approximate surface area is 140 Å². The predicted octanol–water partition coefficient (Wildman–Crippen LogP) is 2.63. The number of nitrogens with zero attached hydrogens (tertiary/aromatic N) is 1. The number of benzene rings is 2. The van der Waals surface area contributed by atoms with Crippen molar-refractivity contribution in [1.29, 1.82) is 0 Å². The van der Waals surface area contributed by atoms with Crippen LogP contribution in [0.3, 0.4) is 0 Å². The molecule has 25 heavy (non-hydrogen) atoms. The van der Waals surface area contributed by atoms with Crippen LogP contribution in [0.4, 0.5) is 10.1 Å². The second-order valence-electron chi connectivity index (χ2n) is 5.40. The second kappa shape index (κ2) is 6.23. The molecule has 0 radical (unpaired) electrons. The maximum atomic E-state index is 12.9. The van der Waals surface area contributed by atoms with E-state index in [2.05, 4.69) is 5.32 Å². The molecule has 3 rings (SSSR count). The molecule has 1 atom stereocenters. The molecule has 0 aliphatic carbocycles. The summed E-state index contributed by atoms with van der Waals surface area (Å²) in [5.74, 6) is -2.87. The molecule has 0 spiro atoms. The first-order valence-electron chi connectivity index (χ1n) is 7.31. The van der Waals surface area contributed by atoms with Crippen molar-refractivity contribution in [3.63, 3.8) is 0 Å². The molecule has 2 N–H and O–H groups in total. The van der Waals surface area contributed by atoms with Crippen LogP contribution in [0, 0.1) is 5.82 Å². The van der Waals surface area contributed by atoms with E-state index in [0.717, 1.165) is 4.57 Å². The molecule has 0 aliphatic heterocycles. The summed E-state index contributed by atoms with van der Waals surface area (Å²) >= 11 is 0. The van der Waals surface area contributed by atoms with Gasteiger partial charge in [0.25, 0.3) is 0 Å². The van der Waals surface area contributed by atoms with E-state index < -0.39 is 29.5 Å². The minimum absolute atomic E-state index is 0.0307. The third kappa shape index (κ3) is 3.14. The number of aromatic nitrogens is 1. The Balaban J connectivity index is 1.93. The zero-order chi connectivity index (χ0) is 18.1. The maximum absolute atomic E-state index is 12.9. The van der Waals surface area contributed by atoms with Gasteiger partial charge >= 0.3 is 11.7 Å². The van der Waals surface area contributed by atoms with Crippen molar-refractivity contribution in [2.75, 3.05) is 5.32 Å². The van der Waals surface area contributed by atoms with Gasteiger partial charge in [-0.1, -0.05) is 0 Å². The number of aromatic carboxylic acids is 1. The van der Waals surface area contributed by atoms with Crippen molar-refractivity contribution < 1.29 is 23.5 Å². The molecule has 7 nitrogen and oxygen atoms in total. The molecular formula is C17H13FN2O5. The monoisotopic (exact) mass is 344 g/mol. The minimum Gasteiger partial charge on any atom is -0.478 e. The Hall–Kier alpha value is -3.42. The highest BCUT2D eigenvalue weighted by atomic mass is 19.1. The van der Waals surface area contributed by atoms with Gasteiger partial charge in [-0.2, -0.15) is 0 Å². The van der Waals surface area contributed by atoms with Crippen LogP contribution >= 0.6 is 0 Å². The Bertz CT molecular complexity index is 1020. The van der Waals surface area contributed by atoms with Crippen molar-refractivity contribution >= 4 is 28.7 Å². The number of oxazole rings is 1. The molecule has 1 amide bonds. The van der Waals surface area contributed by atoms with E-state index in [9.17, 15) is 18.8 Å². The van der Waals surface area contributed by atoms with Crippen LogP contribution in [0.1, 0.15) is 23.3 Å². The normalized spacial score (nSPS) is 12.1. The summed E-state index contributed by atoms with van der Waals surface area (Å²) in [4.78, 5) is 35.4. The van der Waals surface area contributed by atoms with E-state index in [4.69, 9.17) is 9.52 Å². The third-order valence-corrected chi connectivity index (χ3v) is 3.74. The van der Waals surface area contributed by atoms with Crippen molar-refractivity contribution in [2.45, 2.75) is 13.0 Å². The number of carboxylic acids is 1. The van der Waals surface area contributed by atoms with Gasteiger partial charge in [0.15, 0.2) is 5.58 Å². The summed E-state index contributed by atoms with van der Waals surface area (Å²) in [6.45, 7) is 1.50. The first-order chi connectivity index (χ1) is 11.9. The van der Waals surface area contributed by atoms with Gasteiger partial charge in [0.2, 0.25) is 5.91 Å². The molecule has 1 aromatic heterocycles. The smallest absolute Gasteiger partial charge is 0.420 e. The molecule has 1 heterocycles. The van der Waals surface area contributed by atoms with E-state index in [1.54, 1.807) is 0 Å². The molecule has 0 aliphatic rings. The summed E-state index contributed by atoms with van der Waals surface area (Å²) in [7, 11) is 0. The highest BCUT2D eigenvalue weighted by Gasteiger charge is 2.22. The van der Waals surface area contributed by atoms with Gasteiger partial charge in [-0.15, -0.1) is 0 Å². The fourth-order valence-corrected chi connectivity index (χ4v) is 2.43. The molecule has 8 heteroatoms. The number of anilines is 1. The fraction of sp³-hybridized carbons (Fsp3) is 0.118. The SMILES string of the molecule is CC(C(=O)Nc1ccc(F)cc1)n1c(=O)oc2cc(C(=O)O)ccc21. The molecule has 0 fully saturated rings. The Morgan fingerprint density at radius 2 is 1.88 bits per heavy atom. The number of amides is 1. The van der Waals surface area contributed by atoms with Gasteiger partial charge < -0.3 is 14.8 Å². The summed E-state index contributed by atoms with van der Waals surface area (Å²) in [6.07, 6.45) is 0. The molecule has 1 unspecified atom stereocenters. The van der Waals surface area contributed by atoms with Crippen LogP contribution in [0.25, 0.3) is 11.1 Å². The number of hydrogen-bond acceptors (Lipinski definition) is 4. The summed E-state index contributed by atoms with van der Waals surface area (Å²) in [5.41, 5.74) is 0.729. The van der Waals surface area contributed by atoms with Crippen molar-refractivity contribution in [3.05, 3.63) is 64.4 Å².